The molecule has 0 amide bonds. The second kappa shape index (κ2) is 2.46. The second-order valence-electron chi connectivity index (χ2n) is 4.15. The van der Waals surface area contributed by atoms with Crippen molar-refractivity contribution in [2.45, 2.75) is 24.8 Å². The summed E-state index contributed by atoms with van der Waals surface area (Å²) in [6.07, 6.45) is 4.21. The molecule has 1 saturated heterocycles. The lowest BCUT2D eigenvalue weighted by Crippen LogP contribution is -2.37. The molecule has 1 unspecified atom stereocenters. The van der Waals surface area contributed by atoms with Crippen LogP contribution in [-0.4, -0.2) is 37.6 Å². The first kappa shape index (κ1) is 7.56. The lowest BCUT2D eigenvalue weighted by molar-refractivity contribution is 0.332. The molecule has 2 fully saturated rings. The smallest absolute Gasteiger partial charge is 0.0220 e. The highest BCUT2D eigenvalue weighted by Gasteiger charge is 2.49. The number of hydrogen-bond acceptors (Lipinski definition) is 2. The van der Waals surface area contributed by atoms with Crippen LogP contribution in [0.5, 0.6) is 0 Å². The van der Waals surface area contributed by atoms with Crippen LogP contribution in [-0.2, 0) is 0 Å². The van der Waals surface area contributed by atoms with Gasteiger partial charge >= 0.3 is 0 Å². The Morgan fingerprint density at radius 2 is 2.18 bits per heavy atom. The van der Waals surface area contributed by atoms with Crippen molar-refractivity contribution in [1.29, 1.82) is 0 Å². The van der Waals surface area contributed by atoms with Crippen molar-refractivity contribution in [2.75, 3.05) is 27.2 Å². The molecule has 2 nitrogen and oxygen atoms in total. The van der Waals surface area contributed by atoms with E-state index < -0.39 is 0 Å². The van der Waals surface area contributed by atoms with Crippen LogP contribution in [0.2, 0.25) is 0 Å². The number of likely N-dealkylation sites (tertiary alicyclic amines) is 1. The Balaban J connectivity index is 1.95. The van der Waals surface area contributed by atoms with E-state index in [1.807, 2.05) is 0 Å². The molecule has 1 heterocycles. The average Bonchev–Trinajstić information content (AvgIpc) is 2.70. The van der Waals surface area contributed by atoms with Crippen molar-refractivity contribution in [2.24, 2.45) is 5.92 Å². The first-order valence-corrected chi connectivity index (χ1v) is 4.64. The van der Waals surface area contributed by atoms with Gasteiger partial charge in [0.05, 0.1) is 0 Å². The highest BCUT2D eigenvalue weighted by molar-refractivity contribution is 5.08. The second-order valence-corrected chi connectivity index (χ2v) is 4.15. The lowest BCUT2D eigenvalue weighted by atomic mass is 9.97. The molecule has 0 aromatic rings. The minimum atomic E-state index is 0.560. The maximum absolute atomic E-state index is 3.49. The topological polar surface area (TPSA) is 15.3 Å². The molecule has 2 aliphatic rings. The Hall–Kier alpha value is -0.0800. The van der Waals surface area contributed by atoms with Crippen LogP contribution >= 0.6 is 0 Å². The molecule has 1 aliphatic carbocycles. The summed E-state index contributed by atoms with van der Waals surface area (Å²) in [6.45, 7) is 2.61. The monoisotopic (exact) mass is 154 g/mol. The van der Waals surface area contributed by atoms with E-state index in [1.165, 1.54) is 32.4 Å². The Morgan fingerprint density at radius 1 is 1.45 bits per heavy atom. The molecule has 1 atom stereocenters. The Bertz CT molecular complexity index is 152. The summed E-state index contributed by atoms with van der Waals surface area (Å²) < 4.78 is 0. The maximum Gasteiger partial charge on any atom is 0.0220 e. The first-order valence-electron chi connectivity index (χ1n) is 4.64. The summed E-state index contributed by atoms with van der Waals surface area (Å²) in [6, 6.07) is 0. The number of nitrogens with zero attached hydrogens (tertiary/aromatic N) is 1. The third-order valence-electron chi connectivity index (χ3n) is 3.46. The van der Waals surface area contributed by atoms with E-state index in [0.717, 1.165) is 5.92 Å². The maximum atomic E-state index is 3.49. The molecule has 0 bridgehead atoms. The summed E-state index contributed by atoms with van der Waals surface area (Å²) >= 11 is 0. The summed E-state index contributed by atoms with van der Waals surface area (Å²) in [5, 5.41) is 3.49. The van der Waals surface area contributed by atoms with Crippen molar-refractivity contribution in [3.63, 3.8) is 0 Å². The minimum absolute atomic E-state index is 0.560. The quantitative estimate of drug-likeness (QED) is 0.629. The molecule has 0 spiro atoms. The Morgan fingerprint density at radius 3 is 2.55 bits per heavy atom. The van der Waals surface area contributed by atoms with Gasteiger partial charge in [0.15, 0.2) is 0 Å². The van der Waals surface area contributed by atoms with E-state index in [4.69, 9.17) is 0 Å². The molecule has 64 valence electrons. The van der Waals surface area contributed by atoms with Crippen LogP contribution in [0.3, 0.4) is 0 Å². The Labute approximate surface area is 69.0 Å². The van der Waals surface area contributed by atoms with E-state index in [1.54, 1.807) is 0 Å². The highest BCUT2D eigenvalue weighted by Crippen LogP contribution is 2.45. The van der Waals surface area contributed by atoms with Gasteiger partial charge in [0, 0.05) is 12.1 Å². The van der Waals surface area contributed by atoms with Crippen molar-refractivity contribution in [1.82, 2.24) is 10.2 Å². The third-order valence-corrected chi connectivity index (χ3v) is 3.46. The molecule has 11 heavy (non-hydrogen) atoms. The van der Waals surface area contributed by atoms with Crippen molar-refractivity contribution in [3.8, 4) is 0 Å². The van der Waals surface area contributed by atoms with Gasteiger partial charge in [0.25, 0.3) is 0 Å². The van der Waals surface area contributed by atoms with Crippen molar-refractivity contribution < 1.29 is 0 Å². The largest absolute Gasteiger partial charge is 0.314 e. The van der Waals surface area contributed by atoms with Gasteiger partial charge in [-0.1, -0.05) is 0 Å². The molecule has 2 heteroatoms. The van der Waals surface area contributed by atoms with E-state index >= 15 is 0 Å². The predicted molar refractivity (Wildman–Crippen MR) is 46.6 cm³/mol. The van der Waals surface area contributed by atoms with Gasteiger partial charge in [-0.2, -0.15) is 0 Å². The number of rotatable bonds is 2. The Kier molecular flexibility index (Phi) is 1.69. The van der Waals surface area contributed by atoms with Crippen LogP contribution in [0.4, 0.5) is 0 Å². The van der Waals surface area contributed by atoms with Gasteiger partial charge in [-0.3, -0.25) is 0 Å². The van der Waals surface area contributed by atoms with Crippen LogP contribution in [0, 0.1) is 5.92 Å². The van der Waals surface area contributed by atoms with E-state index in [9.17, 15) is 0 Å². The van der Waals surface area contributed by atoms with E-state index in [2.05, 4.69) is 24.3 Å². The van der Waals surface area contributed by atoms with Crippen LogP contribution in [0.1, 0.15) is 19.3 Å². The van der Waals surface area contributed by atoms with Gasteiger partial charge in [-0.25, -0.2) is 0 Å². The average molecular weight is 154 g/mol. The van der Waals surface area contributed by atoms with Crippen LogP contribution in [0.25, 0.3) is 0 Å². The highest BCUT2D eigenvalue weighted by atomic mass is 15.1. The summed E-state index contributed by atoms with van der Waals surface area (Å²) in [4.78, 5) is 2.45. The molecular weight excluding hydrogens is 136 g/mol. The van der Waals surface area contributed by atoms with Gasteiger partial charge in [0.2, 0.25) is 0 Å². The normalized spacial score (nSPS) is 36.0. The fourth-order valence-corrected chi connectivity index (χ4v) is 2.38. The van der Waals surface area contributed by atoms with Crippen molar-refractivity contribution in [3.05, 3.63) is 0 Å². The van der Waals surface area contributed by atoms with Gasteiger partial charge in [-0.05, 0) is 45.8 Å². The fourth-order valence-electron chi connectivity index (χ4n) is 2.38. The van der Waals surface area contributed by atoms with Gasteiger partial charge < -0.3 is 10.2 Å². The zero-order chi connectivity index (χ0) is 7.90. The molecule has 0 radical (unpaired) electrons. The number of nitrogens with one attached hydrogen (secondary N) is 1. The zero-order valence-corrected chi connectivity index (χ0v) is 7.56. The molecule has 1 saturated carbocycles. The molecule has 1 N–H and O–H groups in total. The van der Waals surface area contributed by atoms with Gasteiger partial charge in [0.1, 0.15) is 0 Å². The van der Waals surface area contributed by atoms with Crippen molar-refractivity contribution >= 4 is 0 Å². The standard InChI is InChI=1S/C9H18N2/c1-10-9(4-5-9)8-3-6-11(2)7-8/h8,10H,3-7H2,1-2H3. The van der Waals surface area contributed by atoms with Crippen LogP contribution in [0.15, 0.2) is 0 Å². The fraction of sp³-hybridized carbons (Fsp3) is 1.00. The predicted octanol–water partition coefficient (Wildman–Crippen LogP) is 0.690. The van der Waals surface area contributed by atoms with Gasteiger partial charge in [-0.15, -0.1) is 0 Å². The molecular formula is C9H18N2. The minimum Gasteiger partial charge on any atom is -0.314 e. The summed E-state index contributed by atoms with van der Waals surface area (Å²) in [7, 11) is 4.34. The molecule has 0 aromatic heterocycles. The SMILES string of the molecule is CNC1(C2CCN(C)C2)CC1. The summed E-state index contributed by atoms with van der Waals surface area (Å²) in [5.41, 5.74) is 0.560. The zero-order valence-electron chi connectivity index (χ0n) is 7.56. The first-order chi connectivity index (χ1) is 5.27. The van der Waals surface area contributed by atoms with E-state index in [-0.39, 0.29) is 0 Å². The molecule has 2 rings (SSSR count). The summed E-state index contributed by atoms with van der Waals surface area (Å²) in [5.74, 6) is 0.928. The molecule has 0 aromatic carbocycles. The lowest BCUT2D eigenvalue weighted by Gasteiger charge is -2.21. The third kappa shape index (κ3) is 1.18. The number of hydrogen-bond donors (Lipinski definition) is 1. The molecule has 1 aliphatic heterocycles. The van der Waals surface area contributed by atoms with E-state index in [0.29, 0.717) is 5.54 Å². The van der Waals surface area contributed by atoms with Crippen LogP contribution < -0.4 is 5.32 Å².